The summed E-state index contributed by atoms with van der Waals surface area (Å²) in [6.07, 6.45) is -0.929. The number of primary amides is 1. The summed E-state index contributed by atoms with van der Waals surface area (Å²) >= 11 is 0. The highest BCUT2D eigenvalue weighted by atomic mass is 16.6. The van der Waals surface area contributed by atoms with Crippen LogP contribution in [0.1, 0.15) is 25.6 Å². The maximum Gasteiger partial charge on any atom is 0.411 e. The number of hydrogen-bond acceptors (Lipinski definition) is 5. The molecule has 1 aromatic rings. The third-order valence-electron chi connectivity index (χ3n) is 2.57. The van der Waals surface area contributed by atoms with Crippen molar-refractivity contribution in [2.24, 2.45) is 5.73 Å². The fraction of sp³-hybridized carbons (Fsp3) is 0.600. The smallest absolute Gasteiger partial charge is 0.390 e. The molecule has 1 aromatic heterocycles. The van der Waals surface area contributed by atoms with E-state index in [1.165, 1.54) is 6.07 Å². The van der Waals surface area contributed by atoms with Gasteiger partial charge in [-0.15, -0.1) is 5.10 Å². The molecule has 0 unspecified atom stereocenters. The molecule has 1 fully saturated rings. The Morgan fingerprint density at radius 1 is 1.71 bits per heavy atom. The molecular weight excluding hydrogens is 226 g/mol. The molecule has 1 amide bonds. The molecule has 7 heteroatoms. The lowest BCUT2D eigenvalue weighted by Crippen LogP contribution is -2.48. The minimum atomic E-state index is -1.06. The first-order valence-electron chi connectivity index (χ1n) is 5.30. The van der Waals surface area contributed by atoms with E-state index in [4.69, 9.17) is 15.2 Å². The van der Waals surface area contributed by atoms with Crippen LogP contribution < -0.4 is 10.5 Å². The number of rotatable bonds is 3. The monoisotopic (exact) mass is 241 g/mol. The van der Waals surface area contributed by atoms with Crippen LogP contribution in [0.2, 0.25) is 0 Å². The molecule has 2 heterocycles. The van der Waals surface area contributed by atoms with E-state index in [0.717, 1.165) is 0 Å². The number of ether oxygens (including phenoxy) is 2. The Hall–Kier alpha value is -1.60. The Morgan fingerprint density at radius 3 is 2.76 bits per heavy atom. The molecule has 0 radical (unpaired) electrons. The predicted octanol–water partition coefficient (Wildman–Crippen LogP) is 0.139. The number of carbonyl (C=O) groups excluding carboxylic acids is 1. The van der Waals surface area contributed by atoms with Crippen molar-refractivity contribution in [3.63, 3.8) is 0 Å². The quantitative estimate of drug-likeness (QED) is 0.784. The molecular formula is C10H15N3O4. The summed E-state index contributed by atoms with van der Waals surface area (Å²) in [5.41, 5.74) is 4.42. The van der Waals surface area contributed by atoms with Gasteiger partial charge in [-0.1, -0.05) is 0 Å². The molecule has 0 aromatic carbocycles. The van der Waals surface area contributed by atoms with E-state index in [9.17, 15) is 9.90 Å². The number of amides is 1. The highest BCUT2D eigenvalue weighted by molar-refractivity contribution is 5.67. The van der Waals surface area contributed by atoms with Gasteiger partial charge in [0, 0.05) is 12.1 Å². The molecule has 7 nitrogen and oxygen atoms in total. The van der Waals surface area contributed by atoms with E-state index in [0.29, 0.717) is 5.69 Å². The Bertz CT molecular complexity index is 437. The number of aromatic nitrogens is 2. The van der Waals surface area contributed by atoms with Gasteiger partial charge in [-0.25, -0.2) is 4.79 Å². The topological polar surface area (TPSA) is 99.6 Å². The number of carbonyl (C=O) groups is 1. The van der Waals surface area contributed by atoms with E-state index in [2.05, 4.69) is 5.10 Å². The van der Waals surface area contributed by atoms with Crippen molar-refractivity contribution in [2.45, 2.75) is 25.5 Å². The lowest BCUT2D eigenvalue weighted by molar-refractivity contribution is -0.189. The summed E-state index contributed by atoms with van der Waals surface area (Å²) in [5.74, 6) is 0.0847. The molecule has 94 valence electrons. The van der Waals surface area contributed by atoms with Crippen LogP contribution in [-0.4, -0.2) is 34.2 Å². The van der Waals surface area contributed by atoms with Crippen LogP contribution in [0.5, 0.6) is 5.88 Å². The molecule has 0 atom stereocenters. The second-order valence-electron chi connectivity index (χ2n) is 4.35. The van der Waals surface area contributed by atoms with Crippen molar-refractivity contribution in [1.82, 2.24) is 9.78 Å². The third-order valence-corrected chi connectivity index (χ3v) is 2.57. The molecule has 1 aliphatic rings. The summed E-state index contributed by atoms with van der Waals surface area (Å²) < 4.78 is 11.3. The molecule has 3 N–H and O–H groups in total. The molecule has 0 saturated carbocycles. The van der Waals surface area contributed by atoms with Crippen molar-refractivity contribution >= 4 is 6.09 Å². The number of hydrogen-bond donors (Lipinski definition) is 2. The van der Waals surface area contributed by atoms with Gasteiger partial charge < -0.3 is 20.3 Å². The highest BCUT2D eigenvalue weighted by Crippen LogP contribution is 2.32. The maximum atomic E-state index is 10.7. The van der Waals surface area contributed by atoms with E-state index in [-0.39, 0.29) is 25.1 Å². The Balaban J connectivity index is 2.35. The zero-order valence-electron chi connectivity index (χ0n) is 9.71. The molecule has 2 rings (SSSR count). The van der Waals surface area contributed by atoms with E-state index in [1.807, 2.05) is 13.8 Å². The normalized spacial score (nSPS) is 17.9. The Labute approximate surface area is 98.1 Å². The van der Waals surface area contributed by atoms with Gasteiger partial charge in [-0.3, -0.25) is 4.68 Å². The van der Waals surface area contributed by atoms with Crippen molar-refractivity contribution in [2.75, 3.05) is 13.2 Å². The van der Waals surface area contributed by atoms with E-state index >= 15 is 0 Å². The SMILES string of the molecule is CC(C)n1nc(OC(N)=O)cc1C1(O)COC1. The predicted molar refractivity (Wildman–Crippen MR) is 57.5 cm³/mol. The average Bonchev–Trinajstić information content (AvgIpc) is 2.57. The number of nitrogens with zero attached hydrogens (tertiary/aromatic N) is 2. The fourth-order valence-corrected chi connectivity index (χ4v) is 1.71. The van der Waals surface area contributed by atoms with Gasteiger partial charge in [0.1, 0.15) is 0 Å². The molecule has 0 aliphatic carbocycles. The standard InChI is InChI=1S/C10H15N3O4/c1-6(2)13-7(10(15)4-16-5-10)3-8(12-13)17-9(11)14/h3,6,15H,4-5H2,1-2H3,(H2,11,14). The first-order valence-corrected chi connectivity index (χ1v) is 5.30. The highest BCUT2D eigenvalue weighted by Gasteiger charge is 2.42. The van der Waals surface area contributed by atoms with Gasteiger partial charge in [0.2, 0.25) is 5.88 Å². The van der Waals surface area contributed by atoms with Crippen LogP contribution in [0, 0.1) is 0 Å². The molecule has 0 spiro atoms. The third kappa shape index (κ3) is 2.11. The molecule has 0 bridgehead atoms. The van der Waals surface area contributed by atoms with Crippen LogP contribution in [0.3, 0.4) is 0 Å². The summed E-state index contributed by atoms with van der Waals surface area (Å²) in [7, 11) is 0. The Morgan fingerprint density at radius 2 is 2.35 bits per heavy atom. The molecule has 1 aliphatic heterocycles. The van der Waals surface area contributed by atoms with E-state index < -0.39 is 11.7 Å². The van der Waals surface area contributed by atoms with Crippen LogP contribution in [-0.2, 0) is 10.3 Å². The lowest BCUT2D eigenvalue weighted by Gasteiger charge is -2.36. The Kier molecular flexibility index (Phi) is 2.80. The lowest BCUT2D eigenvalue weighted by atomic mass is 9.97. The van der Waals surface area contributed by atoms with Crippen LogP contribution in [0.4, 0.5) is 4.79 Å². The average molecular weight is 241 g/mol. The summed E-state index contributed by atoms with van der Waals surface area (Å²) in [6.45, 7) is 4.24. The zero-order valence-corrected chi connectivity index (χ0v) is 9.71. The summed E-state index contributed by atoms with van der Waals surface area (Å²) in [6, 6.07) is 1.53. The second-order valence-corrected chi connectivity index (χ2v) is 4.35. The minimum absolute atomic E-state index is 0.0276. The van der Waals surface area contributed by atoms with Gasteiger partial charge in [-0.2, -0.15) is 0 Å². The first kappa shape index (κ1) is 11.9. The minimum Gasteiger partial charge on any atom is -0.390 e. The van der Waals surface area contributed by atoms with Crippen LogP contribution in [0.15, 0.2) is 6.07 Å². The van der Waals surface area contributed by atoms with Gasteiger partial charge >= 0.3 is 6.09 Å². The van der Waals surface area contributed by atoms with Crippen molar-refractivity contribution in [3.8, 4) is 5.88 Å². The van der Waals surface area contributed by atoms with Crippen molar-refractivity contribution in [3.05, 3.63) is 11.8 Å². The van der Waals surface area contributed by atoms with Gasteiger partial charge in [0.15, 0.2) is 5.60 Å². The first-order chi connectivity index (χ1) is 7.92. The van der Waals surface area contributed by atoms with Gasteiger partial charge in [-0.05, 0) is 13.8 Å². The van der Waals surface area contributed by atoms with Gasteiger partial charge in [0.05, 0.1) is 18.9 Å². The number of aliphatic hydroxyl groups is 1. The molecule has 17 heavy (non-hydrogen) atoms. The van der Waals surface area contributed by atoms with Crippen LogP contribution in [0.25, 0.3) is 0 Å². The van der Waals surface area contributed by atoms with E-state index in [1.54, 1.807) is 4.68 Å². The maximum absolute atomic E-state index is 10.7. The molecule has 1 saturated heterocycles. The summed E-state index contributed by atoms with van der Waals surface area (Å²) in [4.78, 5) is 10.7. The number of nitrogens with two attached hydrogens (primary N) is 1. The zero-order chi connectivity index (χ0) is 12.6. The largest absolute Gasteiger partial charge is 0.411 e. The van der Waals surface area contributed by atoms with Crippen molar-refractivity contribution in [1.29, 1.82) is 0 Å². The fourth-order valence-electron chi connectivity index (χ4n) is 1.71. The van der Waals surface area contributed by atoms with Crippen molar-refractivity contribution < 1.29 is 19.4 Å². The second kappa shape index (κ2) is 4.01. The van der Waals surface area contributed by atoms with Gasteiger partial charge in [0.25, 0.3) is 0 Å². The summed E-state index contributed by atoms with van der Waals surface area (Å²) in [5, 5.41) is 14.3. The van der Waals surface area contributed by atoms with Crippen LogP contribution >= 0.6 is 0 Å².